The van der Waals surface area contributed by atoms with Crippen molar-refractivity contribution in [1.29, 1.82) is 0 Å². The van der Waals surface area contributed by atoms with Crippen molar-refractivity contribution >= 4 is 5.91 Å². The molecule has 0 spiro atoms. The molecule has 1 saturated carbocycles. The van der Waals surface area contributed by atoms with Crippen LogP contribution in [0.3, 0.4) is 0 Å². The zero-order valence-electron chi connectivity index (χ0n) is 14.4. The summed E-state index contributed by atoms with van der Waals surface area (Å²) >= 11 is 0. The van der Waals surface area contributed by atoms with E-state index in [1.54, 1.807) is 11.5 Å². The average Bonchev–Trinajstić information content (AvgIpc) is 2.61. The maximum atomic E-state index is 14.4. The van der Waals surface area contributed by atoms with Crippen LogP contribution < -0.4 is 5.48 Å². The fourth-order valence-corrected chi connectivity index (χ4v) is 4.29. The molecule has 1 aromatic carbocycles. The number of hydrogen-bond donors (Lipinski definition) is 2. The van der Waals surface area contributed by atoms with Crippen molar-refractivity contribution in [1.82, 2.24) is 10.4 Å². The fraction of sp³-hybridized carbons (Fsp3) is 0.632. The molecule has 2 N–H and O–H groups in total. The van der Waals surface area contributed by atoms with Gasteiger partial charge in [-0.3, -0.25) is 14.9 Å². The van der Waals surface area contributed by atoms with Gasteiger partial charge in [0.15, 0.2) is 0 Å². The molecule has 0 aromatic heterocycles. The van der Waals surface area contributed by atoms with Gasteiger partial charge in [0.1, 0.15) is 5.82 Å². The molecular weight excluding hydrogens is 307 g/mol. The van der Waals surface area contributed by atoms with Crippen LogP contribution in [0.2, 0.25) is 0 Å². The van der Waals surface area contributed by atoms with E-state index in [2.05, 4.69) is 11.8 Å². The first kappa shape index (κ1) is 17.4. The third kappa shape index (κ3) is 3.62. The van der Waals surface area contributed by atoms with Crippen molar-refractivity contribution in [3.63, 3.8) is 0 Å². The number of carbonyl (C=O) groups is 1. The Bertz CT molecular complexity index is 599. The molecule has 1 amide bonds. The summed E-state index contributed by atoms with van der Waals surface area (Å²) in [6.07, 6.45) is 8.28. The molecule has 132 valence electrons. The van der Waals surface area contributed by atoms with Gasteiger partial charge in [0.25, 0.3) is 5.91 Å². The van der Waals surface area contributed by atoms with E-state index >= 15 is 0 Å². The van der Waals surface area contributed by atoms with Gasteiger partial charge >= 0.3 is 0 Å². The van der Waals surface area contributed by atoms with E-state index in [1.807, 2.05) is 0 Å². The SMILES string of the molecule is CC[C@@H]1Cc2c(F)cc(C(=O)NO)cc2CN1CC1CCCCC1. The summed E-state index contributed by atoms with van der Waals surface area (Å²) in [4.78, 5) is 14.1. The summed E-state index contributed by atoms with van der Waals surface area (Å²) in [5, 5.41) is 8.80. The van der Waals surface area contributed by atoms with E-state index < -0.39 is 5.91 Å². The summed E-state index contributed by atoms with van der Waals surface area (Å²) in [5.74, 6) is -0.252. The Morgan fingerprint density at radius 3 is 2.75 bits per heavy atom. The first-order valence-corrected chi connectivity index (χ1v) is 9.12. The van der Waals surface area contributed by atoms with Gasteiger partial charge in [0.2, 0.25) is 0 Å². The Balaban J connectivity index is 1.82. The number of benzene rings is 1. The number of amides is 1. The molecule has 0 unspecified atom stereocenters. The van der Waals surface area contributed by atoms with E-state index in [9.17, 15) is 9.18 Å². The summed E-state index contributed by atoms with van der Waals surface area (Å²) in [6.45, 7) is 3.92. The molecule has 5 heteroatoms. The minimum Gasteiger partial charge on any atom is -0.296 e. The third-order valence-corrected chi connectivity index (χ3v) is 5.67. The van der Waals surface area contributed by atoms with Crippen LogP contribution >= 0.6 is 0 Å². The van der Waals surface area contributed by atoms with Gasteiger partial charge in [0.05, 0.1) is 0 Å². The fourth-order valence-electron chi connectivity index (χ4n) is 4.29. The monoisotopic (exact) mass is 334 g/mol. The van der Waals surface area contributed by atoms with Crippen LogP contribution in [0.4, 0.5) is 4.39 Å². The molecule has 1 heterocycles. The van der Waals surface area contributed by atoms with Crippen LogP contribution in [0.25, 0.3) is 0 Å². The lowest BCUT2D eigenvalue weighted by molar-refractivity contribution is 0.0705. The van der Waals surface area contributed by atoms with E-state index in [0.29, 0.717) is 19.0 Å². The largest absolute Gasteiger partial charge is 0.296 e. The van der Waals surface area contributed by atoms with Gasteiger partial charge in [-0.05, 0) is 54.9 Å². The zero-order valence-corrected chi connectivity index (χ0v) is 14.4. The van der Waals surface area contributed by atoms with Crippen LogP contribution in [0.5, 0.6) is 0 Å². The van der Waals surface area contributed by atoms with Gasteiger partial charge < -0.3 is 0 Å². The lowest BCUT2D eigenvalue weighted by atomic mass is 9.86. The van der Waals surface area contributed by atoms with Crippen molar-refractivity contribution in [3.05, 3.63) is 34.6 Å². The Labute approximate surface area is 143 Å². The standard InChI is InChI=1S/C19H27FN2O2/c1-2-16-10-17-15(8-14(9-18(17)20)19(23)21-24)12-22(16)11-13-6-4-3-5-7-13/h8-9,13,16,24H,2-7,10-12H2,1H3,(H,21,23)/t16-/m1/s1. The molecule has 0 radical (unpaired) electrons. The highest BCUT2D eigenvalue weighted by atomic mass is 19.1. The first-order valence-electron chi connectivity index (χ1n) is 9.12. The molecule has 2 aliphatic rings. The number of nitrogens with one attached hydrogen (secondary N) is 1. The van der Waals surface area contributed by atoms with Gasteiger partial charge in [0, 0.05) is 24.7 Å². The van der Waals surface area contributed by atoms with Crippen molar-refractivity contribution in [3.8, 4) is 0 Å². The molecule has 24 heavy (non-hydrogen) atoms. The maximum absolute atomic E-state index is 14.4. The van der Waals surface area contributed by atoms with Gasteiger partial charge in [-0.25, -0.2) is 9.87 Å². The molecule has 1 aliphatic heterocycles. The summed E-state index contributed by atoms with van der Waals surface area (Å²) in [6, 6.07) is 3.32. The van der Waals surface area contributed by atoms with Crippen LogP contribution in [-0.4, -0.2) is 28.6 Å². The second kappa shape index (κ2) is 7.62. The van der Waals surface area contributed by atoms with Crippen molar-refractivity contribution < 1.29 is 14.4 Å². The minimum atomic E-state index is -0.659. The van der Waals surface area contributed by atoms with E-state index in [-0.39, 0.29) is 11.4 Å². The van der Waals surface area contributed by atoms with Crippen LogP contribution in [0.1, 0.15) is 66.9 Å². The van der Waals surface area contributed by atoms with Crippen LogP contribution in [0.15, 0.2) is 12.1 Å². The lowest BCUT2D eigenvalue weighted by Crippen LogP contribution is -2.43. The van der Waals surface area contributed by atoms with Crippen LogP contribution in [-0.2, 0) is 13.0 Å². The predicted molar refractivity (Wildman–Crippen MR) is 90.4 cm³/mol. The quantitative estimate of drug-likeness (QED) is 0.653. The molecule has 0 saturated heterocycles. The van der Waals surface area contributed by atoms with E-state index in [0.717, 1.165) is 30.0 Å². The molecule has 4 nitrogen and oxygen atoms in total. The average molecular weight is 334 g/mol. The number of rotatable bonds is 4. The Morgan fingerprint density at radius 2 is 2.08 bits per heavy atom. The number of fused-ring (bicyclic) bond motifs is 1. The molecule has 0 bridgehead atoms. The number of carbonyl (C=O) groups excluding carboxylic acids is 1. The molecular formula is C19H27FN2O2. The van der Waals surface area contributed by atoms with Crippen molar-refractivity contribution in [2.45, 2.75) is 64.5 Å². The van der Waals surface area contributed by atoms with Crippen LogP contribution in [0, 0.1) is 11.7 Å². The molecule has 1 aromatic rings. The maximum Gasteiger partial charge on any atom is 0.274 e. The predicted octanol–water partition coefficient (Wildman–Crippen LogP) is 3.66. The Kier molecular flexibility index (Phi) is 5.51. The van der Waals surface area contributed by atoms with Gasteiger partial charge in [-0.1, -0.05) is 26.2 Å². The number of hydrogen-bond acceptors (Lipinski definition) is 3. The highest BCUT2D eigenvalue weighted by molar-refractivity contribution is 5.93. The summed E-state index contributed by atoms with van der Waals surface area (Å²) < 4.78 is 14.4. The highest BCUT2D eigenvalue weighted by Crippen LogP contribution is 2.31. The normalized spacial score (nSPS) is 22.2. The van der Waals surface area contributed by atoms with E-state index in [4.69, 9.17) is 5.21 Å². The number of nitrogens with zero attached hydrogens (tertiary/aromatic N) is 1. The number of halogens is 1. The summed E-state index contributed by atoms with van der Waals surface area (Å²) in [7, 11) is 0. The smallest absolute Gasteiger partial charge is 0.274 e. The number of hydroxylamine groups is 1. The van der Waals surface area contributed by atoms with Gasteiger partial charge in [-0.15, -0.1) is 0 Å². The molecule has 1 atom stereocenters. The molecule has 3 rings (SSSR count). The van der Waals surface area contributed by atoms with Gasteiger partial charge in [-0.2, -0.15) is 0 Å². The molecule has 1 fully saturated rings. The Hall–Kier alpha value is -1.46. The minimum absolute atomic E-state index is 0.182. The van der Waals surface area contributed by atoms with E-state index in [1.165, 1.54) is 38.2 Å². The van der Waals surface area contributed by atoms with Crippen molar-refractivity contribution in [2.75, 3.05) is 6.54 Å². The van der Waals surface area contributed by atoms with Crippen molar-refractivity contribution in [2.24, 2.45) is 5.92 Å². The molecule has 1 aliphatic carbocycles. The summed E-state index contributed by atoms with van der Waals surface area (Å²) in [5.41, 5.74) is 3.39. The second-order valence-electron chi connectivity index (χ2n) is 7.24. The second-order valence-corrected chi connectivity index (χ2v) is 7.24. The third-order valence-electron chi connectivity index (χ3n) is 5.67. The lowest BCUT2D eigenvalue weighted by Gasteiger charge is -2.39. The topological polar surface area (TPSA) is 52.6 Å². The first-order chi connectivity index (χ1) is 11.6. The highest BCUT2D eigenvalue weighted by Gasteiger charge is 2.30. The zero-order chi connectivity index (χ0) is 17.1. The Morgan fingerprint density at radius 1 is 1.33 bits per heavy atom.